The molecule has 0 bridgehead atoms. The SMILES string of the molecule is OC(c1cccc(I)c1)n1ncc2ccccc21. The van der Waals surface area contributed by atoms with E-state index in [1.54, 1.807) is 10.9 Å². The van der Waals surface area contributed by atoms with Crippen molar-refractivity contribution in [1.82, 2.24) is 9.78 Å². The number of halogens is 1. The van der Waals surface area contributed by atoms with Crippen molar-refractivity contribution in [1.29, 1.82) is 0 Å². The van der Waals surface area contributed by atoms with Gasteiger partial charge in [0.15, 0.2) is 6.23 Å². The van der Waals surface area contributed by atoms with E-state index in [4.69, 9.17) is 0 Å². The van der Waals surface area contributed by atoms with Gasteiger partial charge in [0.25, 0.3) is 0 Å². The zero-order chi connectivity index (χ0) is 12.5. The first-order valence-corrected chi connectivity index (χ1v) is 6.69. The van der Waals surface area contributed by atoms with Crippen LogP contribution in [-0.4, -0.2) is 14.9 Å². The quantitative estimate of drug-likeness (QED) is 0.721. The molecule has 3 aromatic rings. The van der Waals surface area contributed by atoms with Crippen LogP contribution in [0.3, 0.4) is 0 Å². The third-order valence-electron chi connectivity index (χ3n) is 2.88. The van der Waals surface area contributed by atoms with Gasteiger partial charge in [-0.2, -0.15) is 5.10 Å². The van der Waals surface area contributed by atoms with Crippen LogP contribution in [0.15, 0.2) is 54.7 Å². The molecule has 3 nitrogen and oxygen atoms in total. The minimum atomic E-state index is -0.750. The average Bonchev–Trinajstić information content (AvgIpc) is 2.82. The monoisotopic (exact) mass is 350 g/mol. The molecule has 0 radical (unpaired) electrons. The molecule has 1 N–H and O–H groups in total. The maximum atomic E-state index is 10.4. The Labute approximate surface area is 118 Å². The van der Waals surface area contributed by atoms with Gasteiger partial charge in [0.1, 0.15) is 0 Å². The van der Waals surface area contributed by atoms with Crippen LogP contribution in [0, 0.1) is 3.57 Å². The number of aliphatic hydroxyl groups excluding tert-OH is 1. The second-order valence-electron chi connectivity index (χ2n) is 4.08. The topological polar surface area (TPSA) is 38.0 Å². The van der Waals surface area contributed by atoms with Gasteiger partial charge in [0.05, 0.1) is 11.7 Å². The summed E-state index contributed by atoms with van der Waals surface area (Å²) in [5.74, 6) is 0. The molecule has 0 amide bonds. The van der Waals surface area contributed by atoms with Crippen molar-refractivity contribution >= 4 is 33.5 Å². The van der Waals surface area contributed by atoms with E-state index in [2.05, 4.69) is 27.7 Å². The highest BCUT2D eigenvalue weighted by Crippen LogP contribution is 2.22. The Hall–Kier alpha value is -1.40. The highest BCUT2D eigenvalue weighted by molar-refractivity contribution is 14.1. The van der Waals surface area contributed by atoms with Crippen LogP contribution >= 0.6 is 22.6 Å². The van der Waals surface area contributed by atoms with Gasteiger partial charge in [-0.3, -0.25) is 0 Å². The molecule has 1 atom stereocenters. The minimum Gasteiger partial charge on any atom is -0.368 e. The summed E-state index contributed by atoms with van der Waals surface area (Å²) in [6.07, 6.45) is 1.02. The fraction of sp³-hybridized carbons (Fsp3) is 0.0714. The Morgan fingerprint density at radius 2 is 1.94 bits per heavy atom. The molecule has 1 heterocycles. The first-order valence-electron chi connectivity index (χ1n) is 5.61. The molecule has 1 aromatic heterocycles. The predicted molar refractivity (Wildman–Crippen MR) is 79.2 cm³/mol. The molecule has 0 saturated heterocycles. The molecule has 4 heteroatoms. The smallest absolute Gasteiger partial charge is 0.173 e. The fourth-order valence-electron chi connectivity index (χ4n) is 2.00. The van der Waals surface area contributed by atoms with Crippen molar-refractivity contribution < 1.29 is 5.11 Å². The van der Waals surface area contributed by atoms with Crippen molar-refractivity contribution in [3.63, 3.8) is 0 Å². The van der Waals surface area contributed by atoms with Crippen molar-refractivity contribution in [3.05, 3.63) is 63.9 Å². The van der Waals surface area contributed by atoms with Gasteiger partial charge in [0, 0.05) is 14.5 Å². The van der Waals surface area contributed by atoms with E-state index in [-0.39, 0.29) is 0 Å². The lowest BCUT2D eigenvalue weighted by Crippen LogP contribution is -2.11. The number of fused-ring (bicyclic) bond motifs is 1. The highest BCUT2D eigenvalue weighted by Gasteiger charge is 2.13. The lowest BCUT2D eigenvalue weighted by Gasteiger charge is -2.13. The van der Waals surface area contributed by atoms with Crippen LogP contribution in [0.25, 0.3) is 10.9 Å². The molecule has 90 valence electrons. The third-order valence-corrected chi connectivity index (χ3v) is 3.55. The highest BCUT2D eigenvalue weighted by atomic mass is 127. The molecule has 0 saturated carbocycles. The second kappa shape index (κ2) is 4.70. The Morgan fingerprint density at radius 3 is 2.78 bits per heavy atom. The minimum absolute atomic E-state index is 0.750. The molecule has 3 rings (SSSR count). The van der Waals surface area contributed by atoms with Gasteiger partial charge < -0.3 is 5.11 Å². The molecule has 0 spiro atoms. The molecule has 1 unspecified atom stereocenters. The Bertz CT molecular complexity index is 693. The maximum Gasteiger partial charge on any atom is 0.173 e. The van der Waals surface area contributed by atoms with Crippen LogP contribution in [0.4, 0.5) is 0 Å². The van der Waals surface area contributed by atoms with Gasteiger partial charge in [-0.05, 0) is 40.8 Å². The summed E-state index contributed by atoms with van der Waals surface area (Å²) in [4.78, 5) is 0. The van der Waals surface area contributed by atoms with Crippen molar-refractivity contribution in [2.24, 2.45) is 0 Å². The van der Waals surface area contributed by atoms with Crippen molar-refractivity contribution in [2.45, 2.75) is 6.23 Å². The van der Waals surface area contributed by atoms with Crippen LogP contribution < -0.4 is 0 Å². The summed E-state index contributed by atoms with van der Waals surface area (Å²) < 4.78 is 2.74. The van der Waals surface area contributed by atoms with Crippen LogP contribution in [0.1, 0.15) is 11.8 Å². The first kappa shape index (κ1) is 11.7. The molecule has 2 aromatic carbocycles. The predicted octanol–water partition coefficient (Wildman–Crippen LogP) is 3.18. The van der Waals surface area contributed by atoms with E-state index < -0.39 is 6.23 Å². The lowest BCUT2D eigenvalue weighted by molar-refractivity contribution is 0.137. The number of aliphatic hydroxyl groups is 1. The molecular formula is C14H11IN2O. The number of rotatable bonds is 2. The summed E-state index contributed by atoms with van der Waals surface area (Å²) >= 11 is 2.23. The summed E-state index contributed by atoms with van der Waals surface area (Å²) in [5.41, 5.74) is 1.78. The van der Waals surface area contributed by atoms with E-state index in [0.717, 1.165) is 20.0 Å². The number of hydrogen-bond donors (Lipinski definition) is 1. The van der Waals surface area contributed by atoms with E-state index >= 15 is 0 Å². The zero-order valence-electron chi connectivity index (χ0n) is 9.49. The normalized spacial score (nSPS) is 12.8. The van der Waals surface area contributed by atoms with Crippen molar-refractivity contribution in [3.8, 4) is 0 Å². The van der Waals surface area contributed by atoms with E-state index in [0.29, 0.717) is 0 Å². The number of benzene rings is 2. The Balaban J connectivity index is 2.09. The van der Waals surface area contributed by atoms with E-state index in [1.165, 1.54) is 0 Å². The van der Waals surface area contributed by atoms with Crippen LogP contribution in [-0.2, 0) is 0 Å². The van der Waals surface area contributed by atoms with Gasteiger partial charge in [0.2, 0.25) is 0 Å². The average molecular weight is 350 g/mol. The van der Waals surface area contributed by atoms with Crippen molar-refractivity contribution in [2.75, 3.05) is 0 Å². The largest absolute Gasteiger partial charge is 0.368 e. The standard InChI is InChI=1S/C14H11IN2O/c15-12-6-3-5-10(8-12)14(18)17-13-7-2-1-4-11(13)9-16-17/h1-9,14,18H. The van der Waals surface area contributed by atoms with Crippen LogP contribution in [0.2, 0.25) is 0 Å². The maximum absolute atomic E-state index is 10.4. The number of para-hydroxylation sites is 1. The first-order chi connectivity index (χ1) is 8.75. The summed E-state index contributed by atoms with van der Waals surface area (Å²) in [6, 6.07) is 15.7. The molecule has 0 aliphatic carbocycles. The molecule has 0 aliphatic rings. The Kier molecular flexibility index (Phi) is 3.05. The lowest BCUT2D eigenvalue weighted by atomic mass is 10.2. The fourth-order valence-corrected chi connectivity index (χ4v) is 2.56. The van der Waals surface area contributed by atoms with Gasteiger partial charge in [-0.25, -0.2) is 4.68 Å². The number of nitrogens with zero attached hydrogens (tertiary/aromatic N) is 2. The second-order valence-corrected chi connectivity index (χ2v) is 5.32. The summed E-state index contributed by atoms with van der Waals surface area (Å²) in [7, 11) is 0. The van der Waals surface area contributed by atoms with Gasteiger partial charge >= 0.3 is 0 Å². The van der Waals surface area contributed by atoms with Gasteiger partial charge in [-0.15, -0.1) is 0 Å². The van der Waals surface area contributed by atoms with Crippen LogP contribution in [0.5, 0.6) is 0 Å². The zero-order valence-corrected chi connectivity index (χ0v) is 11.7. The number of hydrogen-bond acceptors (Lipinski definition) is 2. The summed E-state index contributed by atoms with van der Waals surface area (Å²) in [6.45, 7) is 0. The molecule has 0 fully saturated rings. The molecule has 18 heavy (non-hydrogen) atoms. The van der Waals surface area contributed by atoms with Gasteiger partial charge in [-0.1, -0.05) is 30.3 Å². The molecular weight excluding hydrogens is 339 g/mol. The Morgan fingerprint density at radius 1 is 1.11 bits per heavy atom. The number of aromatic nitrogens is 2. The third kappa shape index (κ3) is 2.02. The van der Waals surface area contributed by atoms with E-state index in [9.17, 15) is 5.11 Å². The summed E-state index contributed by atoms with van der Waals surface area (Å²) in [5, 5.41) is 15.7. The van der Waals surface area contributed by atoms with E-state index in [1.807, 2.05) is 48.5 Å². The molecule has 0 aliphatic heterocycles.